The van der Waals surface area contributed by atoms with Gasteiger partial charge in [0, 0.05) is 11.9 Å². The molecule has 8 nitrogen and oxygen atoms in total. The molecule has 0 radical (unpaired) electrons. The molecule has 1 saturated carbocycles. The topological polar surface area (TPSA) is 108 Å². The summed E-state index contributed by atoms with van der Waals surface area (Å²) in [5, 5.41) is 8.36. The summed E-state index contributed by atoms with van der Waals surface area (Å²) < 4.78 is 0. The molecule has 1 aromatic carbocycles. The largest absolute Gasteiger partial charge is 0.325 e. The summed E-state index contributed by atoms with van der Waals surface area (Å²) in [6.45, 7) is 3.06. The minimum atomic E-state index is -0.888. The summed E-state index contributed by atoms with van der Waals surface area (Å²) >= 11 is 5.97. The van der Waals surface area contributed by atoms with Crippen molar-refractivity contribution in [3.8, 4) is 0 Å². The van der Waals surface area contributed by atoms with Crippen molar-refractivity contribution in [1.82, 2.24) is 10.2 Å². The average Bonchev–Trinajstić information content (AvgIpc) is 2.84. The van der Waals surface area contributed by atoms with Crippen molar-refractivity contribution in [2.24, 2.45) is 5.92 Å². The monoisotopic (exact) mass is 406 g/mol. The van der Waals surface area contributed by atoms with Crippen LogP contribution >= 0.6 is 11.6 Å². The number of benzene rings is 1. The molecule has 1 spiro atoms. The fourth-order valence-electron chi connectivity index (χ4n) is 3.67. The Kier molecular flexibility index (Phi) is 5.60. The molecule has 2 aliphatic rings. The molecule has 9 heteroatoms. The highest BCUT2D eigenvalue weighted by molar-refractivity contribution is 6.31. The fraction of sp³-hybridized carbons (Fsp3) is 0.474. The smallest absolute Gasteiger partial charge is 0.325 e. The molecule has 150 valence electrons. The number of rotatable bonds is 4. The zero-order valence-corrected chi connectivity index (χ0v) is 16.6. The van der Waals surface area contributed by atoms with Crippen molar-refractivity contribution in [2.75, 3.05) is 17.2 Å². The van der Waals surface area contributed by atoms with Gasteiger partial charge in [0.2, 0.25) is 11.8 Å². The van der Waals surface area contributed by atoms with Gasteiger partial charge in [0.05, 0.1) is 11.4 Å². The molecule has 1 heterocycles. The second kappa shape index (κ2) is 7.79. The van der Waals surface area contributed by atoms with Gasteiger partial charge in [0.15, 0.2) is 0 Å². The van der Waals surface area contributed by atoms with Crippen LogP contribution < -0.4 is 16.0 Å². The summed E-state index contributed by atoms with van der Waals surface area (Å²) in [5.74, 6) is -0.700. The molecule has 1 aliphatic heterocycles. The van der Waals surface area contributed by atoms with Gasteiger partial charge in [-0.1, -0.05) is 18.5 Å². The number of carbonyl (C=O) groups is 4. The zero-order chi connectivity index (χ0) is 20.5. The third-order valence-electron chi connectivity index (χ3n) is 5.24. The maximum Gasteiger partial charge on any atom is 0.325 e. The lowest BCUT2D eigenvalue weighted by Gasteiger charge is -2.33. The van der Waals surface area contributed by atoms with E-state index in [1.807, 2.05) is 0 Å². The Morgan fingerprint density at radius 2 is 1.89 bits per heavy atom. The van der Waals surface area contributed by atoms with Crippen LogP contribution in [0.1, 0.15) is 39.5 Å². The Morgan fingerprint density at radius 1 is 1.21 bits per heavy atom. The number of hydrogen-bond acceptors (Lipinski definition) is 4. The van der Waals surface area contributed by atoms with Gasteiger partial charge in [0.25, 0.3) is 5.91 Å². The van der Waals surface area contributed by atoms with E-state index in [0.29, 0.717) is 35.2 Å². The molecule has 1 aromatic rings. The summed E-state index contributed by atoms with van der Waals surface area (Å²) in [6, 6.07) is 4.07. The highest BCUT2D eigenvalue weighted by Gasteiger charge is 2.52. The predicted molar refractivity (Wildman–Crippen MR) is 105 cm³/mol. The van der Waals surface area contributed by atoms with E-state index in [4.69, 9.17) is 11.6 Å². The third kappa shape index (κ3) is 4.11. The Labute approximate surface area is 168 Å². The lowest BCUT2D eigenvalue weighted by Crippen LogP contribution is -2.49. The van der Waals surface area contributed by atoms with E-state index in [2.05, 4.69) is 22.9 Å². The summed E-state index contributed by atoms with van der Waals surface area (Å²) in [7, 11) is 0. The maximum atomic E-state index is 12.8. The SMILES string of the molecule is CC(=O)Nc1ccc(Cl)cc1NC(=O)CN1C(=O)NC2(CCC(C)CC2)C1=O. The van der Waals surface area contributed by atoms with Crippen LogP contribution in [-0.2, 0) is 14.4 Å². The second-order valence-corrected chi connectivity index (χ2v) is 7.94. The summed E-state index contributed by atoms with van der Waals surface area (Å²) in [4.78, 5) is 49.9. The Bertz CT molecular complexity index is 833. The molecule has 3 N–H and O–H groups in total. The molecule has 0 atom stereocenters. The summed E-state index contributed by atoms with van der Waals surface area (Å²) in [5.41, 5.74) is -0.220. The normalized spacial score (nSPS) is 24.2. The van der Waals surface area contributed by atoms with Crippen molar-refractivity contribution < 1.29 is 19.2 Å². The van der Waals surface area contributed by atoms with Crippen LogP contribution in [-0.4, -0.2) is 40.7 Å². The van der Waals surface area contributed by atoms with Gasteiger partial charge in [-0.15, -0.1) is 0 Å². The van der Waals surface area contributed by atoms with E-state index < -0.39 is 24.0 Å². The number of urea groups is 1. The molecule has 0 bridgehead atoms. The van der Waals surface area contributed by atoms with E-state index >= 15 is 0 Å². The molecule has 5 amide bonds. The van der Waals surface area contributed by atoms with E-state index in [0.717, 1.165) is 17.7 Å². The number of carbonyl (C=O) groups excluding carboxylic acids is 4. The highest BCUT2D eigenvalue weighted by Crippen LogP contribution is 2.36. The predicted octanol–water partition coefficient (Wildman–Crippen LogP) is 2.74. The van der Waals surface area contributed by atoms with Gasteiger partial charge < -0.3 is 16.0 Å². The minimum absolute atomic E-state index is 0.293. The average molecular weight is 407 g/mol. The van der Waals surface area contributed by atoms with Gasteiger partial charge in [-0.25, -0.2) is 4.79 Å². The first kappa shape index (κ1) is 20.1. The molecule has 0 unspecified atom stereocenters. The fourth-order valence-corrected chi connectivity index (χ4v) is 3.84. The van der Waals surface area contributed by atoms with Crippen molar-refractivity contribution in [1.29, 1.82) is 0 Å². The lowest BCUT2D eigenvalue weighted by molar-refractivity contribution is -0.135. The van der Waals surface area contributed by atoms with E-state index in [1.54, 1.807) is 12.1 Å². The van der Waals surface area contributed by atoms with Crippen LogP contribution in [0.25, 0.3) is 0 Å². The minimum Gasteiger partial charge on any atom is -0.325 e. The lowest BCUT2D eigenvalue weighted by atomic mass is 9.77. The maximum absolute atomic E-state index is 12.8. The molecule has 1 aliphatic carbocycles. The summed E-state index contributed by atoms with van der Waals surface area (Å²) in [6.07, 6.45) is 2.87. The molecule has 0 aromatic heterocycles. The van der Waals surface area contributed by atoms with Gasteiger partial charge >= 0.3 is 6.03 Å². The molecule has 2 fully saturated rings. The number of anilines is 2. The number of nitrogens with one attached hydrogen (secondary N) is 3. The Balaban J connectivity index is 1.70. The second-order valence-electron chi connectivity index (χ2n) is 7.51. The number of hydrogen-bond donors (Lipinski definition) is 3. The molecule has 3 rings (SSSR count). The van der Waals surface area contributed by atoms with Crippen LogP contribution in [0.2, 0.25) is 5.02 Å². The Morgan fingerprint density at radius 3 is 2.54 bits per heavy atom. The van der Waals surface area contributed by atoms with Gasteiger partial charge in [0.1, 0.15) is 12.1 Å². The van der Waals surface area contributed by atoms with Crippen molar-refractivity contribution in [3.05, 3.63) is 23.2 Å². The standard InChI is InChI=1S/C19H23ClN4O4/c1-11-5-7-19(8-6-11)17(27)24(18(28)23-19)10-16(26)22-15-9-13(20)3-4-14(15)21-12(2)25/h3-4,9,11H,5-8,10H2,1-2H3,(H,21,25)(H,22,26)(H,23,28). The molecular weight excluding hydrogens is 384 g/mol. The van der Waals surface area contributed by atoms with Crippen LogP contribution in [0.15, 0.2) is 18.2 Å². The number of amides is 5. The number of nitrogens with zero attached hydrogens (tertiary/aromatic N) is 1. The van der Waals surface area contributed by atoms with Crippen molar-refractivity contribution >= 4 is 46.7 Å². The molecule has 28 heavy (non-hydrogen) atoms. The van der Waals surface area contributed by atoms with Gasteiger partial charge in [-0.2, -0.15) is 0 Å². The quantitative estimate of drug-likeness (QED) is 0.668. The first-order valence-electron chi connectivity index (χ1n) is 9.21. The number of halogens is 1. The van der Waals surface area contributed by atoms with Crippen LogP contribution in [0, 0.1) is 5.92 Å². The zero-order valence-electron chi connectivity index (χ0n) is 15.8. The molecule has 1 saturated heterocycles. The van der Waals surface area contributed by atoms with E-state index in [-0.39, 0.29) is 11.8 Å². The van der Waals surface area contributed by atoms with E-state index in [9.17, 15) is 19.2 Å². The molecular formula is C19H23ClN4O4. The van der Waals surface area contributed by atoms with Gasteiger partial charge in [-0.05, 0) is 49.8 Å². The van der Waals surface area contributed by atoms with Gasteiger partial charge in [-0.3, -0.25) is 19.3 Å². The van der Waals surface area contributed by atoms with Crippen molar-refractivity contribution in [2.45, 2.75) is 45.1 Å². The first-order chi connectivity index (χ1) is 13.2. The van der Waals surface area contributed by atoms with Crippen LogP contribution in [0.4, 0.5) is 16.2 Å². The van der Waals surface area contributed by atoms with Crippen LogP contribution in [0.5, 0.6) is 0 Å². The van der Waals surface area contributed by atoms with E-state index in [1.165, 1.54) is 13.0 Å². The first-order valence-corrected chi connectivity index (χ1v) is 9.59. The third-order valence-corrected chi connectivity index (χ3v) is 5.48. The Hall–Kier alpha value is -2.61. The van der Waals surface area contributed by atoms with Crippen LogP contribution in [0.3, 0.4) is 0 Å². The highest BCUT2D eigenvalue weighted by atomic mass is 35.5. The van der Waals surface area contributed by atoms with Crippen molar-refractivity contribution in [3.63, 3.8) is 0 Å². The number of imide groups is 1.